The number of hydrogen-bond acceptors (Lipinski definition) is 3. The monoisotopic (exact) mass is 614 g/mol. The fourth-order valence-corrected chi connectivity index (χ4v) is 7.07. The highest BCUT2D eigenvalue weighted by atomic mass is 19.2. The van der Waals surface area contributed by atoms with Crippen LogP contribution in [-0.4, -0.2) is 6.97 Å². The molecule has 7 heteroatoms. The Labute approximate surface area is 272 Å². The maximum Gasteiger partial charge on any atom is 0.737 e. The van der Waals surface area contributed by atoms with E-state index in [9.17, 15) is 5.26 Å². The van der Waals surface area contributed by atoms with Crippen molar-refractivity contribution >= 4 is 52.1 Å². The lowest BCUT2D eigenvalue weighted by atomic mass is 9.81. The molecule has 0 fully saturated rings. The Hall–Kier alpha value is -6.00. The van der Waals surface area contributed by atoms with Gasteiger partial charge in [0.1, 0.15) is 17.8 Å². The van der Waals surface area contributed by atoms with Gasteiger partial charge in [-0.1, -0.05) is 78.9 Å². The molecule has 5 aromatic carbocycles. The van der Waals surface area contributed by atoms with Crippen LogP contribution in [0.1, 0.15) is 22.4 Å². The molecule has 0 radical (unpaired) electrons. The van der Waals surface area contributed by atoms with Gasteiger partial charge >= 0.3 is 6.97 Å². The fourth-order valence-electron chi connectivity index (χ4n) is 7.07. The molecule has 2 aliphatic rings. The van der Waals surface area contributed by atoms with Gasteiger partial charge in [-0.05, 0) is 94.9 Å². The third kappa shape index (κ3) is 4.52. The number of nitriles is 1. The van der Waals surface area contributed by atoms with Gasteiger partial charge in [-0.15, -0.1) is 0 Å². The lowest BCUT2D eigenvalue weighted by Gasteiger charge is -2.42. The molecule has 226 valence electrons. The van der Waals surface area contributed by atoms with Crippen molar-refractivity contribution in [2.24, 2.45) is 0 Å². The smallest absolute Gasteiger partial charge is 0.389 e. The Kier molecular flexibility index (Phi) is 6.55. The zero-order valence-corrected chi connectivity index (χ0v) is 25.9. The number of fused-ring (bicyclic) bond motifs is 5. The summed E-state index contributed by atoms with van der Waals surface area (Å²) in [5, 5.41) is 12.7. The first kappa shape index (κ1) is 28.5. The van der Waals surface area contributed by atoms with Crippen LogP contribution in [0.25, 0.3) is 33.5 Å². The first-order valence-electron chi connectivity index (χ1n) is 15.6. The number of pyridine rings is 1. The van der Waals surface area contributed by atoms with E-state index in [0.717, 1.165) is 53.7 Å². The Morgan fingerprint density at radius 2 is 1.43 bits per heavy atom. The summed E-state index contributed by atoms with van der Waals surface area (Å²) in [6.07, 6.45) is 4.91. The molecule has 3 heterocycles. The standard InChI is InChI=1S/C40H29BF2N4/c1-27-9-8-10-28(2)40(27)32-17-19-37-31(23-32)16-20-38-36(26-44)39-25-35(21-22-45(39)41(42,43)47(37)38)46(33-13-4-3-5-14-33)34-18-15-29-11-6-7-12-30(29)24-34/h3-25H,1-2H3. The minimum Gasteiger partial charge on any atom is -0.389 e. The predicted octanol–water partition coefficient (Wildman–Crippen LogP) is 9.89. The summed E-state index contributed by atoms with van der Waals surface area (Å²) < 4.78 is 34.5. The number of allylic oxidation sites excluding steroid dienone is 2. The Morgan fingerprint density at radius 1 is 0.702 bits per heavy atom. The highest BCUT2D eigenvalue weighted by molar-refractivity contribution is 6.63. The van der Waals surface area contributed by atoms with Gasteiger partial charge in [0.2, 0.25) is 0 Å². The second-order valence-electron chi connectivity index (χ2n) is 12.1. The molecule has 0 amide bonds. The molecule has 0 saturated carbocycles. The normalized spacial score (nSPS) is 14.3. The van der Waals surface area contributed by atoms with Crippen molar-refractivity contribution in [2.75, 3.05) is 9.71 Å². The summed E-state index contributed by atoms with van der Waals surface area (Å²) >= 11 is 0. The van der Waals surface area contributed by atoms with Gasteiger partial charge in [-0.3, -0.25) is 0 Å². The second-order valence-corrected chi connectivity index (χ2v) is 12.1. The fraction of sp³-hybridized carbons (Fsp3) is 0.0500. The van der Waals surface area contributed by atoms with Gasteiger partial charge in [0.15, 0.2) is 5.69 Å². The third-order valence-electron chi connectivity index (χ3n) is 9.24. The summed E-state index contributed by atoms with van der Waals surface area (Å²) in [7, 11) is 0. The molecular formula is C40H29BF2N4. The van der Waals surface area contributed by atoms with Crippen molar-refractivity contribution in [3.63, 3.8) is 0 Å². The summed E-state index contributed by atoms with van der Waals surface area (Å²) in [5.74, 6) is 0. The summed E-state index contributed by atoms with van der Waals surface area (Å²) in [5.41, 5.74) is 8.35. The molecule has 8 rings (SSSR count). The van der Waals surface area contributed by atoms with Crippen LogP contribution in [0.4, 0.5) is 31.4 Å². The van der Waals surface area contributed by atoms with Crippen molar-refractivity contribution in [3.05, 3.63) is 162 Å². The van der Waals surface area contributed by atoms with Crippen molar-refractivity contribution < 1.29 is 13.1 Å². The van der Waals surface area contributed by atoms with E-state index in [-0.39, 0.29) is 17.0 Å². The molecule has 2 aliphatic heterocycles. The maximum absolute atomic E-state index is 16.8. The van der Waals surface area contributed by atoms with E-state index in [1.165, 1.54) is 6.20 Å². The number of halogens is 2. The number of para-hydroxylation sites is 1. The average Bonchev–Trinajstić information content (AvgIpc) is 3.08. The van der Waals surface area contributed by atoms with Crippen LogP contribution in [0.5, 0.6) is 0 Å². The van der Waals surface area contributed by atoms with Crippen LogP contribution in [0.3, 0.4) is 0 Å². The van der Waals surface area contributed by atoms with E-state index in [1.54, 1.807) is 24.3 Å². The van der Waals surface area contributed by atoms with Crippen molar-refractivity contribution in [2.45, 2.75) is 13.8 Å². The zero-order chi connectivity index (χ0) is 32.3. The molecule has 0 N–H and O–H groups in total. The highest BCUT2D eigenvalue weighted by Gasteiger charge is 2.55. The van der Waals surface area contributed by atoms with Gasteiger partial charge in [0, 0.05) is 34.9 Å². The number of hydrogen-bond donors (Lipinski definition) is 0. The van der Waals surface area contributed by atoms with Crippen LogP contribution in [-0.2, 0) is 0 Å². The van der Waals surface area contributed by atoms with Crippen molar-refractivity contribution in [3.8, 4) is 17.2 Å². The van der Waals surface area contributed by atoms with Crippen LogP contribution in [0.2, 0.25) is 0 Å². The van der Waals surface area contributed by atoms with Gasteiger partial charge in [0.05, 0.1) is 5.69 Å². The molecule has 0 atom stereocenters. The average molecular weight is 615 g/mol. The van der Waals surface area contributed by atoms with Gasteiger partial charge in [0.25, 0.3) is 0 Å². The minimum atomic E-state index is -4.34. The molecular weight excluding hydrogens is 585 g/mol. The van der Waals surface area contributed by atoms with Crippen LogP contribution >= 0.6 is 0 Å². The number of aryl methyl sites for hydroxylation is 2. The molecule has 1 aromatic heterocycles. The Morgan fingerprint density at radius 3 is 2.19 bits per heavy atom. The summed E-state index contributed by atoms with van der Waals surface area (Å²) in [4.78, 5) is 3.08. The lowest BCUT2D eigenvalue weighted by molar-refractivity contribution is -0.569. The van der Waals surface area contributed by atoms with Gasteiger partial charge < -0.3 is 22.8 Å². The first-order valence-corrected chi connectivity index (χ1v) is 15.6. The van der Waals surface area contributed by atoms with E-state index in [0.29, 0.717) is 16.9 Å². The summed E-state index contributed by atoms with van der Waals surface area (Å²) in [6, 6.07) is 41.5. The van der Waals surface area contributed by atoms with E-state index < -0.39 is 6.97 Å². The topological polar surface area (TPSA) is 34.1 Å². The lowest BCUT2D eigenvalue weighted by Crippen LogP contribution is -2.72. The second kappa shape index (κ2) is 10.8. The van der Waals surface area contributed by atoms with Crippen LogP contribution < -0.4 is 14.2 Å². The van der Waals surface area contributed by atoms with Crippen LogP contribution in [0, 0.1) is 25.2 Å². The Balaban J connectivity index is 1.28. The number of rotatable bonds is 4. The predicted molar refractivity (Wildman–Crippen MR) is 188 cm³/mol. The molecule has 0 aliphatic carbocycles. The van der Waals surface area contributed by atoms with Crippen LogP contribution in [0.15, 0.2) is 139 Å². The molecule has 0 unspecified atom stereocenters. The van der Waals surface area contributed by atoms with E-state index >= 15 is 8.63 Å². The number of benzene rings is 5. The molecule has 0 saturated heterocycles. The Bertz CT molecular complexity index is 2320. The minimum absolute atomic E-state index is 0.170. The zero-order valence-electron chi connectivity index (χ0n) is 25.9. The number of anilines is 4. The summed E-state index contributed by atoms with van der Waals surface area (Å²) in [6.45, 7) is -0.226. The highest BCUT2D eigenvalue weighted by Crippen LogP contribution is 2.44. The van der Waals surface area contributed by atoms with E-state index in [2.05, 4.69) is 56.3 Å². The number of nitrogens with zero attached hydrogens (tertiary/aromatic N) is 4. The molecule has 47 heavy (non-hydrogen) atoms. The van der Waals surface area contributed by atoms with E-state index in [1.807, 2.05) is 77.7 Å². The SMILES string of the molecule is Cc1cccc(C)c1-c1ccc2c(c1)C=CC1=C(C#N)c3cc(N(c4ccccc4)c4ccc5ccccc5c4)cc[n+]3[B-](F)(F)N12. The van der Waals surface area contributed by atoms with E-state index in [4.69, 9.17) is 0 Å². The molecule has 0 spiro atoms. The van der Waals surface area contributed by atoms with Crippen molar-refractivity contribution in [1.29, 1.82) is 5.26 Å². The largest absolute Gasteiger partial charge is 0.737 e. The van der Waals surface area contributed by atoms with Gasteiger partial charge in [-0.2, -0.15) is 5.26 Å². The molecule has 4 nitrogen and oxygen atoms in total. The van der Waals surface area contributed by atoms with Crippen molar-refractivity contribution in [1.82, 2.24) is 0 Å². The molecule has 0 bridgehead atoms. The number of aromatic nitrogens is 1. The molecule has 6 aromatic rings. The van der Waals surface area contributed by atoms with Gasteiger partial charge in [-0.25, -0.2) is 0 Å². The maximum atomic E-state index is 16.8. The quantitative estimate of drug-likeness (QED) is 0.186. The first-order chi connectivity index (χ1) is 22.8. The third-order valence-corrected chi connectivity index (χ3v) is 9.24.